The van der Waals surface area contributed by atoms with Gasteiger partial charge in [0.15, 0.2) is 5.96 Å². The summed E-state index contributed by atoms with van der Waals surface area (Å²) >= 11 is 3.52. The van der Waals surface area contributed by atoms with Gasteiger partial charge in [-0.05, 0) is 47.9 Å². The third kappa shape index (κ3) is 4.74. The van der Waals surface area contributed by atoms with Gasteiger partial charge in [0.1, 0.15) is 0 Å². The molecule has 0 saturated carbocycles. The van der Waals surface area contributed by atoms with E-state index in [9.17, 15) is 0 Å². The quantitative estimate of drug-likeness (QED) is 0.647. The van der Waals surface area contributed by atoms with Crippen molar-refractivity contribution in [3.63, 3.8) is 0 Å². The van der Waals surface area contributed by atoms with Crippen LogP contribution >= 0.6 is 15.9 Å². The molecule has 0 aromatic carbocycles. The second-order valence-electron chi connectivity index (χ2n) is 5.64. The van der Waals surface area contributed by atoms with Crippen molar-refractivity contribution in [2.75, 3.05) is 40.3 Å². The Morgan fingerprint density at radius 3 is 2.71 bits per heavy atom. The van der Waals surface area contributed by atoms with Crippen LogP contribution in [0.2, 0.25) is 0 Å². The third-order valence-corrected chi connectivity index (χ3v) is 4.39. The number of likely N-dealkylation sites (tertiary alicyclic amines) is 1. The number of rotatable bonds is 5. The standard InChI is InChI=1S/C15H26BrN5/c1-17-15(18-6-9-21-7-4-5-8-21)20(3)12-14-10-13(16)11-19(14)2/h10-11H,4-9,12H2,1-3H3,(H,17,18). The molecule has 0 bridgehead atoms. The molecule has 1 aromatic rings. The van der Waals surface area contributed by atoms with Crippen LogP contribution in [-0.4, -0.2) is 60.6 Å². The molecule has 0 spiro atoms. The van der Waals surface area contributed by atoms with Crippen molar-refractivity contribution < 1.29 is 0 Å². The van der Waals surface area contributed by atoms with Crippen molar-refractivity contribution in [1.29, 1.82) is 0 Å². The van der Waals surface area contributed by atoms with Gasteiger partial charge in [-0.1, -0.05) is 0 Å². The van der Waals surface area contributed by atoms with E-state index >= 15 is 0 Å². The van der Waals surface area contributed by atoms with Gasteiger partial charge in [0.05, 0.1) is 6.54 Å². The van der Waals surface area contributed by atoms with Gasteiger partial charge in [-0.25, -0.2) is 0 Å². The Morgan fingerprint density at radius 1 is 1.43 bits per heavy atom. The molecule has 0 atom stereocenters. The first kappa shape index (κ1) is 16.4. The Kier molecular flexibility index (Phi) is 6.11. The third-order valence-electron chi connectivity index (χ3n) is 3.96. The number of nitrogens with one attached hydrogen (secondary N) is 1. The van der Waals surface area contributed by atoms with Crippen LogP contribution < -0.4 is 5.32 Å². The largest absolute Gasteiger partial charge is 0.355 e. The molecule has 6 heteroatoms. The van der Waals surface area contributed by atoms with Gasteiger partial charge in [-0.2, -0.15) is 0 Å². The van der Waals surface area contributed by atoms with Crippen molar-refractivity contribution >= 4 is 21.9 Å². The van der Waals surface area contributed by atoms with E-state index in [4.69, 9.17) is 0 Å². The van der Waals surface area contributed by atoms with Crippen molar-refractivity contribution in [1.82, 2.24) is 19.7 Å². The summed E-state index contributed by atoms with van der Waals surface area (Å²) in [5.74, 6) is 0.950. The number of hydrogen-bond acceptors (Lipinski definition) is 2. The monoisotopic (exact) mass is 355 g/mol. The molecule has 0 unspecified atom stereocenters. The summed E-state index contributed by atoms with van der Waals surface area (Å²) in [7, 11) is 5.99. The molecular weight excluding hydrogens is 330 g/mol. The summed E-state index contributed by atoms with van der Waals surface area (Å²) < 4.78 is 3.25. The Balaban J connectivity index is 1.80. The van der Waals surface area contributed by atoms with E-state index in [-0.39, 0.29) is 0 Å². The van der Waals surface area contributed by atoms with E-state index in [1.807, 2.05) is 7.05 Å². The maximum Gasteiger partial charge on any atom is 0.193 e. The summed E-state index contributed by atoms with van der Waals surface area (Å²) in [5.41, 5.74) is 1.26. The molecule has 21 heavy (non-hydrogen) atoms. The first-order chi connectivity index (χ1) is 10.1. The summed E-state index contributed by atoms with van der Waals surface area (Å²) in [6.07, 6.45) is 4.76. The maximum atomic E-state index is 4.38. The predicted molar refractivity (Wildman–Crippen MR) is 91.6 cm³/mol. The summed E-state index contributed by atoms with van der Waals surface area (Å²) in [5, 5.41) is 3.46. The van der Waals surface area contributed by atoms with E-state index < -0.39 is 0 Å². The second-order valence-corrected chi connectivity index (χ2v) is 6.56. The number of nitrogens with zero attached hydrogens (tertiary/aromatic N) is 4. The highest BCUT2D eigenvalue weighted by Crippen LogP contribution is 2.14. The van der Waals surface area contributed by atoms with Crippen molar-refractivity contribution in [2.24, 2.45) is 12.0 Å². The van der Waals surface area contributed by atoms with Gasteiger partial charge in [-0.15, -0.1) is 0 Å². The van der Waals surface area contributed by atoms with Gasteiger partial charge in [0.2, 0.25) is 0 Å². The fourth-order valence-electron chi connectivity index (χ4n) is 2.76. The lowest BCUT2D eigenvalue weighted by Gasteiger charge is -2.23. The minimum Gasteiger partial charge on any atom is -0.355 e. The zero-order valence-electron chi connectivity index (χ0n) is 13.3. The van der Waals surface area contributed by atoms with E-state index in [1.165, 1.54) is 31.6 Å². The number of aryl methyl sites for hydroxylation is 1. The second kappa shape index (κ2) is 7.84. The topological polar surface area (TPSA) is 35.8 Å². The van der Waals surface area contributed by atoms with Gasteiger partial charge in [0.25, 0.3) is 0 Å². The van der Waals surface area contributed by atoms with Gasteiger partial charge >= 0.3 is 0 Å². The van der Waals surface area contributed by atoms with Crippen LogP contribution in [0.4, 0.5) is 0 Å². The van der Waals surface area contributed by atoms with Crippen LogP contribution in [0.15, 0.2) is 21.7 Å². The van der Waals surface area contributed by atoms with Gasteiger partial charge in [-0.3, -0.25) is 4.99 Å². The van der Waals surface area contributed by atoms with Crippen LogP contribution in [0.3, 0.4) is 0 Å². The normalized spacial score (nSPS) is 16.5. The van der Waals surface area contributed by atoms with E-state index in [0.29, 0.717) is 0 Å². The molecule has 0 aliphatic carbocycles. The molecule has 2 rings (SSSR count). The molecule has 0 radical (unpaired) electrons. The fraction of sp³-hybridized carbons (Fsp3) is 0.667. The molecule has 1 aliphatic heterocycles. The minimum absolute atomic E-state index is 0.839. The van der Waals surface area contributed by atoms with E-state index in [1.54, 1.807) is 0 Å². The van der Waals surface area contributed by atoms with Gasteiger partial charge < -0.3 is 19.7 Å². The highest BCUT2D eigenvalue weighted by molar-refractivity contribution is 9.10. The molecule has 5 nitrogen and oxygen atoms in total. The Labute approximate surface area is 136 Å². The van der Waals surface area contributed by atoms with Crippen LogP contribution in [0.25, 0.3) is 0 Å². The first-order valence-electron chi connectivity index (χ1n) is 7.55. The van der Waals surface area contributed by atoms with Crippen molar-refractivity contribution in [3.05, 3.63) is 22.4 Å². The minimum atomic E-state index is 0.839. The maximum absolute atomic E-state index is 4.38. The average Bonchev–Trinajstić information content (AvgIpc) is 3.05. The number of hydrogen-bond donors (Lipinski definition) is 1. The highest BCUT2D eigenvalue weighted by Gasteiger charge is 2.12. The SMILES string of the molecule is CN=C(NCCN1CCCC1)N(C)Cc1cc(Br)cn1C. The van der Waals surface area contributed by atoms with Crippen LogP contribution in [-0.2, 0) is 13.6 Å². The smallest absolute Gasteiger partial charge is 0.193 e. The summed E-state index contributed by atoms with van der Waals surface area (Å²) in [4.78, 5) is 9.04. The molecule has 1 aromatic heterocycles. The molecule has 2 heterocycles. The summed E-state index contributed by atoms with van der Waals surface area (Å²) in [6, 6.07) is 2.15. The van der Waals surface area contributed by atoms with E-state index in [2.05, 4.69) is 67.0 Å². The van der Waals surface area contributed by atoms with Crippen LogP contribution in [0.5, 0.6) is 0 Å². The first-order valence-corrected chi connectivity index (χ1v) is 8.34. The zero-order valence-corrected chi connectivity index (χ0v) is 14.9. The predicted octanol–water partition coefficient (Wildman–Crippen LogP) is 1.89. The Morgan fingerprint density at radius 2 is 2.14 bits per heavy atom. The lowest BCUT2D eigenvalue weighted by atomic mass is 10.4. The van der Waals surface area contributed by atoms with Crippen LogP contribution in [0, 0.1) is 0 Å². The zero-order chi connectivity index (χ0) is 15.2. The molecule has 1 saturated heterocycles. The Hall–Kier alpha value is -1.01. The van der Waals surface area contributed by atoms with Crippen LogP contribution in [0.1, 0.15) is 18.5 Å². The number of aliphatic imine (C=N–C) groups is 1. The number of halogens is 1. The van der Waals surface area contributed by atoms with E-state index in [0.717, 1.165) is 30.1 Å². The summed E-state index contributed by atoms with van der Waals surface area (Å²) in [6.45, 7) is 5.38. The molecule has 1 N–H and O–H groups in total. The average molecular weight is 356 g/mol. The molecular formula is C15H26BrN5. The fourth-order valence-corrected chi connectivity index (χ4v) is 3.33. The lowest BCUT2D eigenvalue weighted by molar-refractivity contribution is 0.340. The number of guanidine groups is 1. The molecule has 118 valence electrons. The molecule has 1 aliphatic rings. The molecule has 1 fully saturated rings. The molecule has 0 amide bonds. The van der Waals surface area contributed by atoms with Crippen molar-refractivity contribution in [2.45, 2.75) is 19.4 Å². The van der Waals surface area contributed by atoms with Gasteiger partial charge in [0, 0.05) is 50.6 Å². The van der Waals surface area contributed by atoms with Crippen molar-refractivity contribution in [3.8, 4) is 0 Å². The lowest BCUT2D eigenvalue weighted by Crippen LogP contribution is -2.42. The highest BCUT2D eigenvalue weighted by atomic mass is 79.9. The number of aromatic nitrogens is 1. The Bertz CT molecular complexity index is 476.